The Balaban J connectivity index is 1.77. The second-order valence-electron chi connectivity index (χ2n) is 10.8. The Kier molecular flexibility index (Phi) is 7.01. The lowest BCUT2D eigenvalue weighted by Crippen LogP contribution is -2.50. The first kappa shape index (κ1) is 26.4. The summed E-state index contributed by atoms with van der Waals surface area (Å²) in [5.74, 6) is -0.999. The fourth-order valence-electron chi connectivity index (χ4n) is 7.06. The molecule has 2 bridgehead atoms. The summed E-state index contributed by atoms with van der Waals surface area (Å²) in [6.07, 6.45) is 1.13. The number of carbonyl (C=O) groups is 2. The van der Waals surface area contributed by atoms with E-state index in [-0.39, 0.29) is 43.0 Å². The summed E-state index contributed by atoms with van der Waals surface area (Å²) >= 11 is 3.36. The molecule has 5 atom stereocenters. The number of ether oxygens (including phenoxy) is 4. The standard InChI is InChI=1S/C28H37BrO6/c1-7-32-23(30)27(16-18(3)29,24(31)33-8-2)17-21-34-22-20-14-15-26(6,25(20,4)5)28(22,35-21)19-12-10-9-11-13-19/h9-13,20-22H,3,7-8,14-17H2,1-2,4-6H3/t20-,21?,22?,26-,28-/m1/s1. The van der Waals surface area contributed by atoms with Crippen molar-refractivity contribution in [1.82, 2.24) is 0 Å². The van der Waals surface area contributed by atoms with Crippen LogP contribution in [0.3, 0.4) is 0 Å². The molecule has 6 nitrogen and oxygen atoms in total. The molecule has 1 aromatic carbocycles. The highest BCUT2D eigenvalue weighted by Crippen LogP contribution is 2.76. The van der Waals surface area contributed by atoms with Gasteiger partial charge in [0.1, 0.15) is 5.60 Å². The number of hydrogen-bond donors (Lipinski definition) is 0. The van der Waals surface area contributed by atoms with E-state index in [1.54, 1.807) is 13.8 Å². The summed E-state index contributed by atoms with van der Waals surface area (Å²) in [5.41, 5.74) is -1.40. The Labute approximate surface area is 216 Å². The van der Waals surface area contributed by atoms with Crippen molar-refractivity contribution in [2.75, 3.05) is 13.2 Å². The molecule has 1 aliphatic heterocycles. The van der Waals surface area contributed by atoms with Crippen LogP contribution in [0.5, 0.6) is 0 Å². The van der Waals surface area contributed by atoms with Gasteiger partial charge in [0.15, 0.2) is 11.7 Å². The second-order valence-corrected chi connectivity index (χ2v) is 11.9. The Bertz CT molecular complexity index is 972. The summed E-state index contributed by atoms with van der Waals surface area (Å²) in [7, 11) is 0. The molecule has 7 heteroatoms. The zero-order valence-corrected chi connectivity index (χ0v) is 23.0. The molecule has 3 fully saturated rings. The van der Waals surface area contributed by atoms with E-state index in [0.717, 1.165) is 18.4 Å². The first-order valence-electron chi connectivity index (χ1n) is 12.6. The molecular weight excluding hydrogens is 512 g/mol. The Hall–Kier alpha value is -1.70. The minimum Gasteiger partial charge on any atom is -0.465 e. The molecule has 3 aliphatic rings. The van der Waals surface area contributed by atoms with Crippen molar-refractivity contribution in [3.8, 4) is 0 Å². The third kappa shape index (κ3) is 3.72. The molecule has 1 aromatic rings. The van der Waals surface area contributed by atoms with Crippen LogP contribution in [0.1, 0.15) is 65.9 Å². The maximum atomic E-state index is 13.3. The molecule has 0 aromatic heterocycles. The summed E-state index contributed by atoms with van der Waals surface area (Å²) < 4.78 is 24.9. The van der Waals surface area contributed by atoms with Crippen LogP contribution in [0.25, 0.3) is 0 Å². The van der Waals surface area contributed by atoms with Crippen molar-refractivity contribution in [1.29, 1.82) is 0 Å². The van der Waals surface area contributed by atoms with E-state index < -0.39 is 29.2 Å². The van der Waals surface area contributed by atoms with Gasteiger partial charge in [-0.05, 0) is 48.1 Å². The van der Waals surface area contributed by atoms with Crippen molar-refractivity contribution in [3.05, 3.63) is 47.0 Å². The van der Waals surface area contributed by atoms with Crippen molar-refractivity contribution < 1.29 is 28.5 Å². The van der Waals surface area contributed by atoms with Crippen molar-refractivity contribution in [3.63, 3.8) is 0 Å². The van der Waals surface area contributed by atoms with E-state index in [0.29, 0.717) is 10.4 Å². The lowest BCUT2D eigenvalue weighted by atomic mass is 9.62. The maximum Gasteiger partial charge on any atom is 0.324 e. The van der Waals surface area contributed by atoms with Crippen LogP contribution in [0, 0.1) is 22.2 Å². The van der Waals surface area contributed by atoms with Gasteiger partial charge in [-0.2, -0.15) is 0 Å². The van der Waals surface area contributed by atoms with Crippen molar-refractivity contribution in [2.24, 2.45) is 22.2 Å². The predicted octanol–water partition coefficient (Wildman–Crippen LogP) is 5.88. The van der Waals surface area contributed by atoms with E-state index in [4.69, 9.17) is 18.9 Å². The van der Waals surface area contributed by atoms with Crippen LogP contribution in [0.4, 0.5) is 0 Å². The lowest BCUT2D eigenvalue weighted by molar-refractivity contribution is -0.193. The third-order valence-electron chi connectivity index (χ3n) is 9.05. The SMILES string of the molecule is C=C(Br)CC(CC1OC2[C@H]3CC[C@](C)(C3(C)C)[C@]2(c2ccccc2)O1)(C(=O)OCC)C(=O)OCC. The molecule has 2 unspecified atom stereocenters. The topological polar surface area (TPSA) is 71.1 Å². The Morgan fingerprint density at radius 2 is 1.71 bits per heavy atom. The van der Waals surface area contributed by atoms with E-state index >= 15 is 0 Å². The van der Waals surface area contributed by atoms with Gasteiger partial charge in [-0.25, -0.2) is 0 Å². The molecule has 2 aliphatic carbocycles. The monoisotopic (exact) mass is 548 g/mol. The van der Waals surface area contributed by atoms with Gasteiger partial charge in [0.05, 0.1) is 19.3 Å². The van der Waals surface area contributed by atoms with Gasteiger partial charge < -0.3 is 18.9 Å². The average Bonchev–Trinajstić information content (AvgIpc) is 3.34. The van der Waals surface area contributed by atoms with Crippen molar-refractivity contribution in [2.45, 2.75) is 78.3 Å². The van der Waals surface area contributed by atoms with E-state index in [1.165, 1.54) is 0 Å². The fraction of sp³-hybridized carbons (Fsp3) is 0.643. The van der Waals surface area contributed by atoms with Crippen LogP contribution in [0.15, 0.2) is 41.4 Å². The fourth-order valence-corrected chi connectivity index (χ4v) is 7.54. The summed E-state index contributed by atoms with van der Waals surface area (Å²) in [5, 5.41) is 0. The van der Waals surface area contributed by atoms with Gasteiger partial charge in [-0.1, -0.05) is 73.6 Å². The highest BCUT2D eigenvalue weighted by atomic mass is 79.9. The first-order valence-corrected chi connectivity index (χ1v) is 13.4. The molecule has 1 saturated heterocycles. The quantitative estimate of drug-likeness (QED) is 0.283. The van der Waals surface area contributed by atoms with Gasteiger partial charge in [0.25, 0.3) is 0 Å². The molecule has 4 rings (SSSR count). The Morgan fingerprint density at radius 3 is 2.26 bits per heavy atom. The number of rotatable bonds is 9. The highest BCUT2D eigenvalue weighted by Gasteiger charge is 2.78. The average molecular weight is 550 g/mol. The second kappa shape index (κ2) is 9.31. The summed E-state index contributed by atoms with van der Waals surface area (Å²) in [6.45, 7) is 14.5. The molecule has 192 valence electrons. The van der Waals surface area contributed by atoms with Crippen LogP contribution < -0.4 is 0 Å². The van der Waals surface area contributed by atoms with E-state index in [1.807, 2.05) is 18.2 Å². The van der Waals surface area contributed by atoms with Gasteiger partial charge in [0, 0.05) is 18.3 Å². The number of halogens is 1. The number of benzene rings is 1. The van der Waals surface area contributed by atoms with E-state index in [2.05, 4.69) is 55.4 Å². The normalized spacial score (nSPS) is 32.8. The van der Waals surface area contributed by atoms with Crippen LogP contribution in [-0.4, -0.2) is 37.5 Å². The lowest BCUT2D eigenvalue weighted by Gasteiger charge is -2.47. The number of allylic oxidation sites excluding steroid dienone is 1. The maximum absolute atomic E-state index is 13.3. The highest BCUT2D eigenvalue weighted by molar-refractivity contribution is 9.11. The molecule has 35 heavy (non-hydrogen) atoms. The van der Waals surface area contributed by atoms with Crippen LogP contribution in [-0.2, 0) is 34.1 Å². The predicted molar refractivity (Wildman–Crippen MR) is 135 cm³/mol. The number of hydrogen-bond acceptors (Lipinski definition) is 6. The van der Waals surface area contributed by atoms with Gasteiger partial charge in [-0.15, -0.1) is 0 Å². The number of fused-ring (bicyclic) bond motifs is 5. The molecule has 0 N–H and O–H groups in total. The third-order valence-corrected chi connectivity index (χ3v) is 9.33. The Morgan fingerprint density at radius 1 is 1.11 bits per heavy atom. The molecule has 0 amide bonds. The van der Waals surface area contributed by atoms with Crippen molar-refractivity contribution >= 4 is 27.9 Å². The van der Waals surface area contributed by atoms with Crippen LogP contribution in [0.2, 0.25) is 0 Å². The largest absolute Gasteiger partial charge is 0.465 e. The summed E-state index contributed by atoms with van der Waals surface area (Å²) in [4.78, 5) is 26.6. The molecule has 0 spiro atoms. The number of esters is 2. The summed E-state index contributed by atoms with van der Waals surface area (Å²) in [6, 6.07) is 10.3. The zero-order chi connectivity index (χ0) is 25.6. The van der Waals surface area contributed by atoms with Gasteiger partial charge in [0.2, 0.25) is 0 Å². The zero-order valence-electron chi connectivity index (χ0n) is 21.4. The van der Waals surface area contributed by atoms with Gasteiger partial charge >= 0.3 is 11.9 Å². The number of carbonyl (C=O) groups excluding carboxylic acids is 2. The smallest absolute Gasteiger partial charge is 0.324 e. The van der Waals surface area contributed by atoms with Crippen LogP contribution >= 0.6 is 15.9 Å². The molecular formula is C28H37BrO6. The molecule has 0 radical (unpaired) electrons. The van der Waals surface area contributed by atoms with E-state index in [9.17, 15) is 9.59 Å². The molecule has 2 saturated carbocycles. The first-order chi connectivity index (χ1) is 16.5. The minimum atomic E-state index is -1.62. The minimum absolute atomic E-state index is 0.00198. The molecule has 1 heterocycles. The van der Waals surface area contributed by atoms with Gasteiger partial charge in [-0.3, -0.25) is 9.59 Å².